The number of nitrogens with two attached hydrogens (primary N) is 1. The van der Waals surface area contributed by atoms with E-state index < -0.39 is 0 Å². The quantitative estimate of drug-likeness (QED) is 0.215. The molecule has 0 heterocycles. The SMILES string of the molecule is CC(NCCCC(C)(C)C(N)=NO)C1CCCC1. The Labute approximate surface area is 111 Å². The Bertz CT molecular complexity index is 270. The van der Waals surface area contributed by atoms with Gasteiger partial charge in [0.05, 0.1) is 0 Å². The molecule has 1 saturated carbocycles. The Hall–Kier alpha value is -0.770. The van der Waals surface area contributed by atoms with Crippen LogP contribution in [0.1, 0.15) is 59.3 Å². The maximum Gasteiger partial charge on any atom is 0.144 e. The van der Waals surface area contributed by atoms with E-state index in [1.807, 2.05) is 13.8 Å². The largest absolute Gasteiger partial charge is 0.409 e. The number of hydrogen-bond donors (Lipinski definition) is 3. The molecular weight excluding hydrogens is 226 g/mol. The molecule has 0 amide bonds. The monoisotopic (exact) mass is 255 g/mol. The summed E-state index contributed by atoms with van der Waals surface area (Å²) in [6.45, 7) is 7.34. The van der Waals surface area contributed by atoms with E-state index in [0.717, 1.165) is 25.3 Å². The molecule has 4 nitrogen and oxygen atoms in total. The highest BCUT2D eigenvalue weighted by atomic mass is 16.4. The zero-order valence-electron chi connectivity index (χ0n) is 12.1. The molecule has 0 aromatic carbocycles. The number of oxime groups is 1. The van der Waals surface area contributed by atoms with Crippen LogP contribution < -0.4 is 11.1 Å². The molecule has 0 bridgehead atoms. The summed E-state index contributed by atoms with van der Waals surface area (Å²) in [5.74, 6) is 1.19. The van der Waals surface area contributed by atoms with Gasteiger partial charge in [-0.15, -0.1) is 0 Å². The lowest BCUT2D eigenvalue weighted by atomic mass is 9.86. The van der Waals surface area contributed by atoms with Gasteiger partial charge in [-0.25, -0.2) is 0 Å². The van der Waals surface area contributed by atoms with Gasteiger partial charge in [0, 0.05) is 11.5 Å². The summed E-state index contributed by atoms with van der Waals surface area (Å²) in [7, 11) is 0. The summed E-state index contributed by atoms with van der Waals surface area (Å²) >= 11 is 0. The van der Waals surface area contributed by atoms with Gasteiger partial charge < -0.3 is 16.3 Å². The second-order valence-corrected chi connectivity index (χ2v) is 6.26. The van der Waals surface area contributed by atoms with Crippen LogP contribution in [0.25, 0.3) is 0 Å². The van der Waals surface area contributed by atoms with Crippen molar-refractivity contribution in [1.82, 2.24) is 5.32 Å². The molecule has 4 N–H and O–H groups in total. The first-order valence-electron chi connectivity index (χ1n) is 7.19. The van der Waals surface area contributed by atoms with Gasteiger partial charge in [-0.1, -0.05) is 31.8 Å². The Morgan fingerprint density at radius 1 is 1.44 bits per heavy atom. The molecule has 106 valence electrons. The van der Waals surface area contributed by atoms with Gasteiger partial charge in [-0.05, 0) is 45.1 Å². The second kappa shape index (κ2) is 6.98. The van der Waals surface area contributed by atoms with Crippen LogP contribution in [-0.4, -0.2) is 23.6 Å². The molecule has 18 heavy (non-hydrogen) atoms. The molecule has 0 aromatic rings. The summed E-state index contributed by atoms with van der Waals surface area (Å²) in [6, 6.07) is 0.625. The molecule has 0 saturated heterocycles. The fraction of sp³-hybridized carbons (Fsp3) is 0.929. The van der Waals surface area contributed by atoms with Crippen molar-refractivity contribution in [2.24, 2.45) is 22.2 Å². The lowest BCUT2D eigenvalue weighted by molar-refractivity contribution is 0.303. The summed E-state index contributed by atoms with van der Waals surface area (Å²) < 4.78 is 0. The van der Waals surface area contributed by atoms with Crippen LogP contribution >= 0.6 is 0 Å². The molecule has 1 fully saturated rings. The predicted molar refractivity (Wildman–Crippen MR) is 75.8 cm³/mol. The van der Waals surface area contributed by atoms with Crippen molar-refractivity contribution in [2.45, 2.75) is 65.3 Å². The Morgan fingerprint density at radius 2 is 2.06 bits per heavy atom. The van der Waals surface area contributed by atoms with Crippen molar-refractivity contribution in [3.05, 3.63) is 0 Å². The number of nitrogens with one attached hydrogen (secondary N) is 1. The Morgan fingerprint density at radius 3 is 2.61 bits per heavy atom. The maximum absolute atomic E-state index is 8.71. The van der Waals surface area contributed by atoms with Crippen molar-refractivity contribution in [3.8, 4) is 0 Å². The van der Waals surface area contributed by atoms with Crippen molar-refractivity contribution in [2.75, 3.05) is 6.54 Å². The Balaban J connectivity index is 2.18. The molecule has 1 rings (SSSR count). The summed E-state index contributed by atoms with van der Waals surface area (Å²) in [6.07, 6.45) is 7.54. The Kier molecular flexibility index (Phi) is 5.93. The van der Waals surface area contributed by atoms with Crippen LogP contribution in [0.5, 0.6) is 0 Å². The topological polar surface area (TPSA) is 70.6 Å². The van der Waals surface area contributed by atoms with E-state index in [0.29, 0.717) is 11.9 Å². The minimum absolute atomic E-state index is 0.215. The van der Waals surface area contributed by atoms with Crippen LogP contribution in [-0.2, 0) is 0 Å². The highest BCUT2D eigenvalue weighted by Crippen LogP contribution is 2.27. The first-order valence-corrected chi connectivity index (χ1v) is 7.19. The van der Waals surface area contributed by atoms with Gasteiger partial charge in [-0.2, -0.15) is 0 Å². The van der Waals surface area contributed by atoms with Crippen molar-refractivity contribution in [3.63, 3.8) is 0 Å². The lowest BCUT2D eigenvalue weighted by Gasteiger charge is -2.24. The van der Waals surface area contributed by atoms with E-state index in [1.165, 1.54) is 25.7 Å². The van der Waals surface area contributed by atoms with Crippen LogP contribution in [0.4, 0.5) is 0 Å². The summed E-state index contributed by atoms with van der Waals surface area (Å²) in [5.41, 5.74) is 5.46. The highest BCUT2D eigenvalue weighted by Gasteiger charge is 2.24. The number of amidine groups is 1. The van der Waals surface area contributed by atoms with E-state index in [4.69, 9.17) is 10.9 Å². The lowest BCUT2D eigenvalue weighted by Crippen LogP contribution is -2.35. The molecule has 4 heteroatoms. The van der Waals surface area contributed by atoms with Crippen molar-refractivity contribution in [1.29, 1.82) is 0 Å². The zero-order valence-corrected chi connectivity index (χ0v) is 12.1. The third kappa shape index (κ3) is 4.48. The number of hydrogen-bond acceptors (Lipinski definition) is 3. The average Bonchev–Trinajstić information content (AvgIpc) is 2.87. The molecule has 1 atom stereocenters. The fourth-order valence-electron chi connectivity index (χ4n) is 2.75. The fourth-order valence-corrected chi connectivity index (χ4v) is 2.75. The number of rotatable bonds is 7. The standard InChI is InChI=1S/C14H29N3O/c1-11(12-7-4-5-8-12)16-10-6-9-14(2,3)13(15)17-18/h11-12,16,18H,4-10H2,1-3H3,(H2,15,17). The molecule has 0 radical (unpaired) electrons. The third-order valence-corrected chi connectivity index (χ3v) is 4.35. The first kappa shape index (κ1) is 15.3. The van der Waals surface area contributed by atoms with Crippen LogP contribution in [0.15, 0.2) is 5.16 Å². The number of nitrogens with zero attached hydrogens (tertiary/aromatic N) is 1. The van der Waals surface area contributed by atoms with Gasteiger partial charge in [0.1, 0.15) is 5.84 Å². The molecule has 1 aliphatic rings. The van der Waals surface area contributed by atoms with Gasteiger partial charge in [0.15, 0.2) is 0 Å². The van der Waals surface area contributed by atoms with E-state index in [2.05, 4.69) is 17.4 Å². The van der Waals surface area contributed by atoms with E-state index >= 15 is 0 Å². The van der Waals surface area contributed by atoms with Crippen LogP contribution in [0.3, 0.4) is 0 Å². The molecular formula is C14H29N3O. The summed E-state index contributed by atoms with van der Waals surface area (Å²) in [4.78, 5) is 0. The smallest absolute Gasteiger partial charge is 0.144 e. The average molecular weight is 255 g/mol. The maximum atomic E-state index is 8.71. The van der Waals surface area contributed by atoms with Gasteiger partial charge >= 0.3 is 0 Å². The minimum atomic E-state index is -0.215. The van der Waals surface area contributed by atoms with Gasteiger partial charge in [0.2, 0.25) is 0 Å². The first-order chi connectivity index (χ1) is 8.47. The van der Waals surface area contributed by atoms with Crippen LogP contribution in [0, 0.1) is 11.3 Å². The zero-order chi connectivity index (χ0) is 13.6. The predicted octanol–water partition coefficient (Wildman–Crippen LogP) is 2.71. The van der Waals surface area contributed by atoms with E-state index in [-0.39, 0.29) is 5.41 Å². The third-order valence-electron chi connectivity index (χ3n) is 4.35. The minimum Gasteiger partial charge on any atom is -0.409 e. The molecule has 0 aliphatic heterocycles. The van der Waals surface area contributed by atoms with E-state index in [9.17, 15) is 0 Å². The van der Waals surface area contributed by atoms with Crippen molar-refractivity contribution >= 4 is 5.84 Å². The second-order valence-electron chi connectivity index (χ2n) is 6.26. The van der Waals surface area contributed by atoms with Gasteiger partial charge in [0.25, 0.3) is 0 Å². The highest BCUT2D eigenvalue weighted by molar-refractivity contribution is 5.85. The summed E-state index contributed by atoms with van der Waals surface area (Å²) in [5, 5.41) is 15.4. The normalized spacial score (nSPS) is 20.3. The molecule has 0 aromatic heterocycles. The molecule has 0 spiro atoms. The molecule has 1 unspecified atom stereocenters. The van der Waals surface area contributed by atoms with E-state index in [1.54, 1.807) is 0 Å². The van der Waals surface area contributed by atoms with Crippen LogP contribution in [0.2, 0.25) is 0 Å². The molecule has 1 aliphatic carbocycles. The van der Waals surface area contributed by atoms with Gasteiger partial charge in [-0.3, -0.25) is 0 Å². The van der Waals surface area contributed by atoms with Crippen molar-refractivity contribution < 1.29 is 5.21 Å².